The number of nitrogens with one attached hydrogen (secondary N) is 2. The highest BCUT2D eigenvalue weighted by Gasteiger charge is 2.14. The van der Waals surface area contributed by atoms with Gasteiger partial charge in [0.1, 0.15) is 5.82 Å². The van der Waals surface area contributed by atoms with E-state index in [1.54, 1.807) is 18.2 Å². The van der Waals surface area contributed by atoms with Gasteiger partial charge in [0.15, 0.2) is 5.96 Å². The number of guanidine groups is 1. The molecule has 0 bridgehead atoms. The molecule has 150 valence electrons. The van der Waals surface area contributed by atoms with E-state index in [1.165, 1.54) is 30.3 Å². The van der Waals surface area contributed by atoms with Crippen molar-refractivity contribution in [3.05, 3.63) is 95.8 Å². The van der Waals surface area contributed by atoms with E-state index in [2.05, 4.69) is 15.0 Å². The maximum Gasteiger partial charge on any atom is 0.240 e. The number of sulfonamides is 1. The van der Waals surface area contributed by atoms with Gasteiger partial charge in [-0.2, -0.15) is 0 Å². The van der Waals surface area contributed by atoms with Crippen molar-refractivity contribution in [1.29, 1.82) is 0 Å². The quantitative estimate of drug-likeness (QED) is 0.410. The molecule has 8 heteroatoms. The van der Waals surface area contributed by atoms with Gasteiger partial charge in [0, 0.05) is 12.2 Å². The van der Waals surface area contributed by atoms with E-state index >= 15 is 0 Å². The van der Waals surface area contributed by atoms with E-state index in [0.717, 1.165) is 5.69 Å². The molecule has 0 saturated heterocycles. The molecule has 0 spiro atoms. The molecule has 3 aromatic carbocycles. The number of hydrogen-bond donors (Lipinski definition) is 3. The van der Waals surface area contributed by atoms with Gasteiger partial charge in [-0.25, -0.2) is 22.5 Å². The molecule has 6 nitrogen and oxygen atoms in total. The summed E-state index contributed by atoms with van der Waals surface area (Å²) in [6, 6.07) is 21.6. The monoisotopic (exact) mass is 412 g/mol. The Morgan fingerprint density at radius 1 is 0.931 bits per heavy atom. The van der Waals surface area contributed by atoms with E-state index in [9.17, 15) is 12.8 Å². The van der Waals surface area contributed by atoms with Crippen molar-refractivity contribution in [3.8, 4) is 0 Å². The Labute approximate surface area is 169 Å². The van der Waals surface area contributed by atoms with Crippen LogP contribution in [0.2, 0.25) is 0 Å². The number of hydrogen-bond acceptors (Lipinski definition) is 3. The summed E-state index contributed by atoms with van der Waals surface area (Å²) >= 11 is 0. The predicted molar refractivity (Wildman–Crippen MR) is 112 cm³/mol. The number of para-hydroxylation sites is 1. The maximum atomic E-state index is 13.2. The molecule has 0 aliphatic heterocycles. The van der Waals surface area contributed by atoms with Gasteiger partial charge in [-0.15, -0.1) is 0 Å². The lowest BCUT2D eigenvalue weighted by molar-refractivity contribution is 0.580. The van der Waals surface area contributed by atoms with Crippen molar-refractivity contribution in [2.75, 3.05) is 5.32 Å². The zero-order chi connectivity index (χ0) is 20.7. The highest BCUT2D eigenvalue weighted by Crippen LogP contribution is 2.14. The molecule has 3 rings (SSSR count). The minimum atomic E-state index is -3.75. The van der Waals surface area contributed by atoms with Gasteiger partial charge in [0.2, 0.25) is 10.0 Å². The Bertz CT molecular complexity index is 1100. The molecule has 4 N–H and O–H groups in total. The third-order valence-electron chi connectivity index (χ3n) is 4.04. The highest BCUT2D eigenvalue weighted by molar-refractivity contribution is 7.89. The summed E-state index contributed by atoms with van der Waals surface area (Å²) in [7, 11) is -3.75. The minimum absolute atomic E-state index is 0.00355. The number of anilines is 1. The third kappa shape index (κ3) is 6.13. The molecule has 3 aromatic rings. The van der Waals surface area contributed by atoms with Gasteiger partial charge in [0.05, 0.1) is 11.4 Å². The molecule has 0 unspecified atom stereocenters. The summed E-state index contributed by atoms with van der Waals surface area (Å²) in [4.78, 5) is 4.35. The number of rotatable bonds is 7. The largest absolute Gasteiger partial charge is 0.370 e. The van der Waals surface area contributed by atoms with Crippen LogP contribution in [-0.2, 0) is 23.1 Å². The number of nitrogens with zero attached hydrogens (tertiary/aromatic N) is 1. The molecule has 29 heavy (non-hydrogen) atoms. The van der Waals surface area contributed by atoms with Crippen LogP contribution in [0.3, 0.4) is 0 Å². The lowest BCUT2D eigenvalue weighted by atomic mass is 10.2. The molecule has 0 saturated carbocycles. The Morgan fingerprint density at radius 3 is 2.41 bits per heavy atom. The first-order valence-electron chi connectivity index (χ1n) is 8.87. The fourth-order valence-electron chi connectivity index (χ4n) is 2.60. The Kier molecular flexibility index (Phi) is 6.58. The molecule has 0 fully saturated rings. The molecule has 0 aliphatic rings. The molecule has 0 atom stereocenters. The smallest absolute Gasteiger partial charge is 0.240 e. The first-order chi connectivity index (χ1) is 13.9. The van der Waals surface area contributed by atoms with E-state index in [4.69, 9.17) is 5.73 Å². The average Bonchev–Trinajstić information content (AvgIpc) is 2.72. The zero-order valence-corrected chi connectivity index (χ0v) is 16.4. The molecule has 0 aromatic heterocycles. The van der Waals surface area contributed by atoms with E-state index < -0.39 is 15.8 Å². The van der Waals surface area contributed by atoms with Gasteiger partial charge in [-0.3, -0.25) is 0 Å². The SMILES string of the molecule is NC(=NCc1cccc(S(=O)(=O)NCc2cccc(F)c2)c1)Nc1ccccc1. The molecule has 0 aliphatic carbocycles. The summed E-state index contributed by atoms with van der Waals surface area (Å²) < 4.78 is 40.8. The van der Waals surface area contributed by atoms with E-state index in [0.29, 0.717) is 11.1 Å². The van der Waals surface area contributed by atoms with E-state index in [1.807, 2.05) is 30.3 Å². The van der Waals surface area contributed by atoms with Crippen LogP contribution < -0.4 is 15.8 Å². The number of nitrogens with two attached hydrogens (primary N) is 1. The fourth-order valence-corrected chi connectivity index (χ4v) is 3.69. The lowest BCUT2D eigenvalue weighted by Crippen LogP contribution is -2.23. The van der Waals surface area contributed by atoms with Crippen LogP contribution >= 0.6 is 0 Å². The van der Waals surface area contributed by atoms with Gasteiger partial charge in [0.25, 0.3) is 0 Å². The normalized spacial score (nSPS) is 12.0. The van der Waals surface area contributed by atoms with Crippen LogP contribution in [0.25, 0.3) is 0 Å². The number of benzene rings is 3. The van der Waals surface area contributed by atoms with Crippen molar-refractivity contribution < 1.29 is 12.8 Å². The first kappa shape index (κ1) is 20.5. The van der Waals surface area contributed by atoms with Crippen LogP contribution in [0, 0.1) is 5.82 Å². The Balaban J connectivity index is 1.65. The first-order valence-corrected chi connectivity index (χ1v) is 10.4. The second kappa shape index (κ2) is 9.31. The fraction of sp³-hybridized carbons (Fsp3) is 0.0952. The van der Waals surface area contributed by atoms with Crippen molar-refractivity contribution in [2.45, 2.75) is 18.0 Å². The van der Waals surface area contributed by atoms with Gasteiger partial charge < -0.3 is 11.1 Å². The standard InChI is InChI=1S/C21H21FN4O2S/c22-18-8-4-6-16(12-18)15-25-29(27,28)20-11-5-7-17(13-20)14-24-21(23)26-19-9-2-1-3-10-19/h1-13,25H,14-15H2,(H3,23,24,26). The molecular weight excluding hydrogens is 391 g/mol. The van der Waals surface area contributed by atoms with Crippen LogP contribution in [0.5, 0.6) is 0 Å². The molecule has 0 radical (unpaired) electrons. The Hall–Kier alpha value is -3.23. The molecule has 0 amide bonds. The maximum absolute atomic E-state index is 13.2. The van der Waals surface area contributed by atoms with Gasteiger partial charge in [-0.05, 0) is 47.5 Å². The van der Waals surface area contributed by atoms with Crippen molar-refractivity contribution in [1.82, 2.24) is 4.72 Å². The number of aliphatic imine (C=N–C) groups is 1. The van der Waals surface area contributed by atoms with E-state index in [-0.39, 0.29) is 23.9 Å². The minimum Gasteiger partial charge on any atom is -0.370 e. The van der Waals surface area contributed by atoms with Gasteiger partial charge in [-0.1, -0.05) is 42.5 Å². The average molecular weight is 412 g/mol. The second-order valence-corrected chi connectivity index (χ2v) is 8.06. The van der Waals surface area contributed by atoms with Crippen LogP contribution in [0.1, 0.15) is 11.1 Å². The van der Waals surface area contributed by atoms with Crippen LogP contribution in [0.15, 0.2) is 88.8 Å². The third-order valence-corrected chi connectivity index (χ3v) is 5.44. The summed E-state index contributed by atoms with van der Waals surface area (Å²) in [6.45, 7) is 0.218. The highest BCUT2D eigenvalue weighted by atomic mass is 32.2. The molecular formula is C21H21FN4O2S. The van der Waals surface area contributed by atoms with Crippen LogP contribution in [0.4, 0.5) is 10.1 Å². The van der Waals surface area contributed by atoms with Crippen LogP contribution in [-0.4, -0.2) is 14.4 Å². The zero-order valence-electron chi connectivity index (χ0n) is 15.5. The topological polar surface area (TPSA) is 96.6 Å². The summed E-state index contributed by atoms with van der Waals surface area (Å²) in [5.41, 5.74) is 7.92. The Morgan fingerprint density at radius 2 is 1.66 bits per heavy atom. The van der Waals surface area contributed by atoms with Crippen molar-refractivity contribution in [3.63, 3.8) is 0 Å². The molecule has 0 heterocycles. The lowest BCUT2D eigenvalue weighted by Gasteiger charge is -2.09. The summed E-state index contributed by atoms with van der Waals surface area (Å²) in [5.74, 6) is -0.183. The number of halogens is 1. The van der Waals surface area contributed by atoms with Gasteiger partial charge >= 0.3 is 0 Å². The van der Waals surface area contributed by atoms with Crippen molar-refractivity contribution in [2.24, 2.45) is 10.7 Å². The second-order valence-electron chi connectivity index (χ2n) is 6.29. The predicted octanol–water partition coefficient (Wildman–Crippen LogP) is 3.23. The van der Waals surface area contributed by atoms with Crippen molar-refractivity contribution >= 4 is 21.7 Å². The summed E-state index contributed by atoms with van der Waals surface area (Å²) in [6.07, 6.45) is 0. The summed E-state index contributed by atoms with van der Waals surface area (Å²) in [5, 5.41) is 2.97.